The second-order valence-electron chi connectivity index (χ2n) is 5.96. The number of hydrogen-bond donors (Lipinski definition) is 2. The molecule has 2 aromatic carbocycles. The van der Waals surface area contributed by atoms with E-state index in [0.29, 0.717) is 11.1 Å². The summed E-state index contributed by atoms with van der Waals surface area (Å²) in [5.41, 5.74) is 1.91. The fraction of sp³-hybridized carbons (Fsp3) is 0.150. The summed E-state index contributed by atoms with van der Waals surface area (Å²) >= 11 is 0. The largest absolute Gasteiger partial charge is 0.507 e. The lowest BCUT2D eigenvalue weighted by Gasteiger charge is -2.09. The molecule has 0 aliphatic carbocycles. The predicted octanol–water partition coefficient (Wildman–Crippen LogP) is 3.24. The summed E-state index contributed by atoms with van der Waals surface area (Å²) in [5.74, 6) is -1.13. The first kappa shape index (κ1) is 18.0. The van der Waals surface area contributed by atoms with Crippen molar-refractivity contribution in [2.45, 2.75) is 6.92 Å². The minimum absolute atomic E-state index is 0.0102. The Morgan fingerprint density at radius 3 is 2.70 bits per heavy atom. The number of phenols is 1. The number of allylic oxidation sites excluding steroid dienone is 1. The van der Waals surface area contributed by atoms with Crippen LogP contribution < -0.4 is 0 Å². The number of benzene rings is 2. The molecule has 0 aliphatic rings. The predicted molar refractivity (Wildman–Crippen MR) is 99.0 cm³/mol. The summed E-state index contributed by atoms with van der Waals surface area (Å²) in [4.78, 5) is 16.5. The summed E-state index contributed by atoms with van der Waals surface area (Å²) in [6.45, 7) is 1.14. The van der Waals surface area contributed by atoms with Gasteiger partial charge in [-0.05, 0) is 30.7 Å². The monoisotopic (exact) mass is 363 g/mol. The first-order valence-corrected chi connectivity index (χ1v) is 8.13. The van der Waals surface area contributed by atoms with E-state index in [2.05, 4.69) is 4.98 Å². The van der Waals surface area contributed by atoms with Crippen LogP contribution in [0, 0.1) is 18.3 Å². The van der Waals surface area contributed by atoms with Crippen molar-refractivity contribution in [2.75, 3.05) is 6.61 Å². The van der Waals surface area contributed by atoms with E-state index in [1.807, 2.05) is 24.3 Å². The molecule has 2 N–H and O–H groups in total. The molecule has 0 unspecified atom stereocenters. The van der Waals surface area contributed by atoms with Crippen molar-refractivity contribution < 1.29 is 19.7 Å². The highest BCUT2D eigenvalue weighted by Gasteiger charge is 2.19. The van der Waals surface area contributed by atoms with Crippen molar-refractivity contribution in [2.24, 2.45) is 7.05 Å². The van der Waals surface area contributed by atoms with E-state index in [4.69, 9.17) is 4.74 Å². The molecule has 0 atom stereocenters. The van der Waals surface area contributed by atoms with E-state index in [9.17, 15) is 20.3 Å². The Morgan fingerprint density at radius 2 is 2.00 bits per heavy atom. The third-order valence-corrected chi connectivity index (χ3v) is 4.21. The first-order valence-electron chi connectivity index (χ1n) is 8.13. The Bertz CT molecular complexity index is 1110. The second kappa shape index (κ2) is 7.22. The minimum atomic E-state index is -0.801. The number of esters is 1. The number of nitrogens with zero attached hydrogens (tertiary/aromatic N) is 3. The molecule has 0 aliphatic heterocycles. The van der Waals surface area contributed by atoms with Crippen molar-refractivity contribution >= 4 is 22.6 Å². The lowest BCUT2D eigenvalue weighted by molar-refractivity contribution is 0.0499. The number of hydrogen-bond acceptors (Lipinski definition) is 6. The Morgan fingerprint density at radius 1 is 1.26 bits per heavy atom. The van der Waals surface area contributed by atoms with Crippen LogP contribution in [-0.4, -0.2) is 32.3 Å². The van der Waals surface area contributed by atoms with E-state index in [1.165, 1.54) is 6.07 Å². The summed E-state index contributed by atoms with van der Waals surface area (Å²) in [6, 6.07) is 13.9. The fourth-order valence-electron chi connectivity index (χ4n) is 2.72. The van der Waals surface area contributed by atoms with Gasteiger partial charge in [0.05, 0.1) is 11.0 Å². The van der Waals surface area contributed by atoms with Crippen LogP contribution in [-0.2, 0) is 11.8 Å². The van der Waals surface area contributed by atoms with Gasteiger partial charge in [-0.3, -0.25) is 0 Å². The maximum Gasteiger partial charge on any atom is 0.342 e. The zero-order chi connectivity index (χ0) is 19.6. The number of ether oxygens (including phenoxy) is 1. The Kier molecular flexibility index (Phi) is 4.81. The molecule has 0 radical (unpaired) electrons. The Balaban J connectivity index is 1.87. The number of aliphatic hydroxyl groups excluding tert-OH is 1. The molecular weight excluding hydrogens is 346 g/mol. The summed E-state index contributed by atoms with van der Waals surface area (Å²) in [5, 5.41) is 29.7. The topological polar surface area (TPSA) is 108 Å². The number of carbonyl (C=O) groups is 1. The van der Waals surface area contributed by atoms with Crippen molar-refractivity contribution in [3.05, 3.63) is 65.2 Å². The average molecular weight is 363 g/mol. The van der Waals surface area contributed by atoms with E-state index < -0.39 is 18.3 Å². The van der Waals surface area contributed by atoms with Gasteiger partial charge in [0, 0.05) is 7.05 Å². The highest BCUT2D eigenvalue weighted by molar-refractivity contribution is 5.93. The number of aliphatic hydroxyl groups is 1. The van der Waals surface area contributed by atoms with Crippen LogP contribution >= 0.6 is 0 Å². The van der Waals surface area contributed by atoms with Crippen LogP contribution in [0.5, 0.6) is 5.75 Å². The quantitative estimate of drug-likeness (QED) is 0.418. The van der Waals surface area contributed by atoms with Gasteiger partial charge in [0.2, 0.25) is 0 Å². The van der Waals surface area contributed by atoms with Gasteiger partial charge in [0.25, 0.3) is 0 Å². The number of fused-ring (bicyclic) bond motifs is 1. The van der Waals surface area contributed by atoms with E-state index >= 15 is 0 Å². The first-order chi connectivity index (χ1) is 12.9. The van der Waals surface area contributed by atoms with Crippen LogP contribution in [0.1, 0.15) is 21.7 Å². The third kappa shape index (κ3) is 3.33. The van der Waals surface area contributed by atoms with Crippen LogP contribution in [0.2, 0.25) is 0 Å². The van der Waals surface area contributed by atoms with Gasteiger partial charge in [-0.25, -0.2) is 9.78 Å². The lowest BCUT2D eigenvalue weighted by atomic mass is 10.1. The SMILES string of the molecule is Cc1cccc(C(=O)OCC(O)=C(C#N)c2nc3ccccc3n2C)c1O. The number of para-hydroxylation sites is 3. The van der Waals surface area contributed by atoms with E-state index in [1.54, 1.807) is 36.7 Å². The smallest absolute Gasteiger partial charge is 0.342 e. The highest BCUT2D eigenvalue weighted by atomic mass is 16.5. The Labute approximate surface area is 155 Å². The number of aromatic nitrogens is 2. The van der Waals surface area contributed by atoms with E-state index in [-0.39, 0.29) is 22.7 Å². The van der Waals surface area contributed by atoms with Crippen LogP contribution in [0.4, 0.5) is 0 Å². The molecule has 0 bridgehead atoms. The molecule has 0 fully saturated rings. The number of imidazole rings is 1. The minimum Gasteiger partial charge on any atom is -0.507 e. The molecule has 0 spiro atoms. The van der Waals surface area contributed by atoms with Crippen molar-refractivity contribution in [1.29, 1.82) is 5.26 Å². The fourth-order valence-corrected chi connectivity index (χ4v) is 2.72. The standard InChI is InChI=1S/C20H17N3O4/c1-12-6-5-7-13(18(12)25)20(26)27-11-17(24)14(10-21)19-22-15-8-3-4-9-16(15)23(19)2/h3-9,24-25H,11H2,1-2H3. The van der Waals surface area contributed by atoms with Gasteiger partial charge in [-0.15, -0.1) is 0 Å². The van der Waals surface area contributed by atoms with Gasteiger partial charge in [-0.1, -0.05) is 24.3 Å². The lowest BCUT2D eigenvalue weighted by Crippen LogP contribution is -2.10. The van der Waals surface area contributed by atoms with Crippen molar-refractivity contribution in [3.63, 3.8) is 0 Å². The zero-order valence-corrected chi connectivity index (χ0v) is 14.8. The molecule has 1 heterocycles. The molecule has 0 saturated heterocycles. The zero-order valence-electron chi connectivity index (χ0n) is 14.8. The molecule has 0 saturated carbocycles. The maximum absolute atomic E-state index is 12.2. The number of aromatic hydroxyl groups is 1. The number of rotatable bonds is 4. The van der Waals surface area contributed by atoms with E-state index in [0.717, 1.165) is 5.52 Å². The maximum atomic E-state index is 12.2. The van der Waals surface area contributed by atoms with Crippen LogP contribution in [0.3, 0.4) is 0 Å². The van der Waals surface area contributed by atoms with Gasteiger partial charge in [0.1, 0.15) is 29.6 Å². The van der Waals surface area contributed by atoms with Crippen LogP contribution in [0.15, 0.2) is 48.2 Å². The molecule has 1 aromatic heterocycles. The summed E-state index contributed by atoms with van der Waals surface area (Å²) in [6.07, 6.45) is 0. The molecule has 136 valence electrons. The molecule has 3 rings (SSSR count). The van der Waals surface area contributed by atoms with Gasteiger partial charge < -0.3 is 19.5 Å². The number of carbonyl (C=O) groups excluding carboxylic acids is 1. The molecule has 7 nitrogen and oxygen atoms in total. The van der Waals surface area contributed by atoms with Crippen molar-refractivity contribution in [3.8, 4) is 11.8 Å². The average Bonchev–Trinajstić information content (AvgIpc) is 2.99. The van der Waals surface area contributed by atoms with Gasteiger partial charge >= 0.3 is 5.97 Å². The molecule has 3 aromatic rings. The van der Waals surface area contributed by atoms with Crippen LogP contribution in [0.25, 0.3) is 16.6 Å². The number of phenolic OH excluding ortho intramolecular Hbond substituents is 1. The molecule has 0 amide bonds. The number of aryl methyl sites for hydroxylation is 2. The summed E-state index contributed by atoms with van der Waals surface area (Å²) < 4.78 is 6.73. The second-order valence-corrected chi connectivity index (χ2v) is 5.96. The van der Waals surface area contributed by atoms with Crippen molar-refractivity contribution in [1.82, 2.24) is 9.55 Å². The third-order valence-electron chi connectivity index (χ3n) is 4.21. The molecule has 27 heavy (non-hydrogen) atoms. The molecule has 7 heteroatoms. The normalized spacial score (nSPS) is 11.7. The molecular formula is C20H17N3O4. The summed E-state index contributed by atoms with van der Waals surface area (Å²) in [7, 11) is 1.73. The number of nitriles is 1. The highest BCUT2D eigenvalue weighted by Crippen LogP contribution is 2.24. The van der Waals surface area contributed by atoms with Gasteiger partial charge in [-0.2, -0.15) is 5.26 Å². The van der Waals surface area contributed by atoms with Gasteiger partial charge in [0.15, 0.2) is 11.6 Å². The Hall–Kier alpha value is -3.79.